The molecule has 212 valence electrons. The Bertz CT molecular complexity index is 1440. The van der Waals surface area contributed by atoms with Crippen LogP contribution >= 0.6 is 0 Å². The number of allylic oxidation sites excluding steroid dienone is 6. The molecule has 40 heavy (non-hydrogen) atoms. The summed E-state index contributed by atoms with van der Waals surface area (Å²) < 4.78 is 0. The van der Waals surface area contributed by atoms with Gasteiger partial charge < -0.3 is 10.4 Å². The van der Waals surface area contributed by atoms with E-state index in [1.807, 2.05) is 39.8 Å². The number of carbonyl (C=O) groups excluding carboxylic acids is 5. The van der Waals surface area contributed by atoms with Gasteiger partial charge in [0.05, 0.1) is 5.56 Å². The molecule has 0 unspecified atom stereocenters. The molecular formula is C33H39NO6. The van der Waals surface area contributed by atoms with Crippen LogP contribution in [0.1, 0.15) is 97.9 Å². The first kappa shape index (κ1) is 29.4. The van der Waals surface area contributed by atoms with Crippen molar-refractivity contribution in [2.24, 2.45) is 29.6 Å². The van der Waals surface area contributed by atoms with Gasteiger partial charge in [-0.3, -0.25) is 24.0 Å². The predicted octanol–water partition coefficient (Wildman–Crippen LogP) is 5.49. The minimum absolute atomic E-state index is 0.00177. The largest absolute Gasteiger partial charge is 0.507 e. The SMILES string of the molecule is CC1=C\[C@@H](C)/C=C(\C)C(=O)[C@H](C)[C@@H]2[C@@H](CC(C)C)C(=O)N[C@@]23CC(=O)c2c(cc(C)c(O)c2C(=O)\C(C)=C\1)C3=O. The van der Waals surface area contributed by atoms with Crippen LogP contribution in [0, 0.1) is 36.5 Å². The zero-order valence-electron chi connectivity index (χ0n) is 24.6. The Balaban J connectivity index is 2.08. The number of carbonyl (C=O) groups is 5. The number of amides is 1. The molecule has 3 aliphatic carbocycles. The van der Waals surface area contributed by atoms with E-state index in [9.17, 15) is 29.1 Å². The van der Waals surface area contributed by atoms with Crippen molar-refractivity contribution in [1.82, 2.24) is 5.32 Å². The van der Waals surface area contributed by atoms with Gasteiger partial charge in [0.15, 0.2) is 23.1 Å². The van der Waals surface area contributed by atoms with Gasteiger partial charge in [-0.25, -0.2) is 0 Å². The molecule has 5 atom stereocenters. The van der Waals surface area contributed by atoms with Crippen molar-refractivity contribution in [3.8, 4) is 5.75 Å². The van der Waals surface area contributed by atoms with E-state index in [1.54, 1.807) is 33.8 Å². The third-order valence-corrected chi connectivity index (χ3v) is 8.68. The molecular weight excluding hydrogens is 506 g/mol. The molecule has 7 nitrogen and oxygen atoms in total. The average molecular weight is 546 g/mol. The summed E-state index contributed by atoms with van der Waals surface area (Å²) in [7, 11) is 0. The minimum atomic E-state index is -1.62. The molecule has 4 bridgehead atoms. The van der Waals surface area contributed by atoms with Gasteiger partial charge in [0.25, 0.3) is 0 Å². The molecule has 0 saturated carbocycles. The number of Topliss-reactive ketones (excluding diaryl/α,β-unsaturated/α-hetero) is 4. The third kappa shape index (κ3) is 4.69. The van der Waals surface area contributed by atoms with Crippen molar-refractivity contribution in [2.75, 3.05) is 0 Å². The summed E-state index contributed by atoms with van der Waals surface area (Å²) in [5, 5.41) is 13.9. The van der Waals surface area contributed by atoms with E-state index in [4.69, 9.17) is 0 Å². The first-order chi connectivity index (χ1) is 18.6. The fourth-order valence-electron chi connectivity index (χ4n) is 7.08. The number of phenolic OH excluding ortho intramolecular Hbond substituents is 1. The lowest BCUT2D eigenvalue weighted by atomic mass is 9.61. The van der Waals surface area contributed by atoms with Gasteiger partial charge >= 0.3 is 0 Å². The Morgan fingerprint density at radius 3 is 2.25 bits per heavy atom. The van der Waals surface area contributed by atoms with Gasteiger partial charge in [-0.1, -0.05) is 51.5 Å². The van der Waals surface area contributed by atoms with Crippen LogP contribution in [0.4, 0.5) is 0 Å². The average Bonchev–Trinajstić information content (AvgIpc) is 3.12. The minimum Gasteiger partial charge on any atom is -0.507 e. The summed E-state index contributed by atoms with van der Waals surface area (Å²) in [5.74, 6) is -4.57. The van der Waals surface area contributed by atoms with Gasteiger partial charge in [0.2, 0.25) is 5.91 Å². The molecule has 5 rings (SSSR count). The molecule has 1 heterocycles. The van der Waals surface area contributed by atoms with Gasteiger partial charge in [0, 0.05) is 35.3 Å². The number of hydrogen-bond donors (Lipinski definition) is 2. The summed E-state index contributed by atoms with van der Waals surface area (Å²) >= 11 is 0. The molecule has 1 saturated heterocycles. The summed E-state index contributed by atoms with van der Waals surface area (Å²) in [6.07, 6.45) is 5.52. The Labute approximate surface area is 235 Å². The smallest absolute Gasteiger partial charge is 0.224 e. The molecule has 1 aromatic rings. The first-order valence-electron chi connectivity index (χ1n) is 14.0. The normalized spacial score (nSPS) is 33.2. The van der Waals surface area contributed by atoms with Gasteiger partial charge in [-0.2, -0.15) is 0 Å². The Morgan fingerprint density at radius 1 is 0.975 bits per heavy atom. The Kier molecular flexibility index (Phi) is 7.65. The maximum Gasteiger partial charge on any atom is 0.224 e. The molecule has 0 radical (unpaired) electrons. The highest BCUT2D eigenvalue weighted by Crippen LogP contribution is 2.49. The van der Waals surface area contributed by atoms with Gasteiger partial charge in [-0.15, -0.1) is 0 Å². The highest BCUT2D eigenvalue weighted by molar-refractivity contribution is 6.26. The molecule has 1 aliphatic heterocycles. The number of ketones is 4. The van der Waals surface area contributed by atoms with Crippen molar-refractivity contribution < 1.29 is 29.1 Å². The van der Waals surface area contributed by atoms with E-state index in [2.05, 4.69) is 5.32 Å². The van der Waals surface area contributed by atoms with Crippen molar-refractivity contribution in [2.45, 2.75) is 73.8 Å². The Hall–Kier alpha value is -3.61. The zero-order chi connectivity index (χ0) is 29.8. The van der Waals surface area contributed by atoms with E-state index in [1.165, 1.54) is 6.07 Å². The number of hydrogen-bond acceptors (Lipinski definition) is 6. The van der Waals surface area contributed by atoms with Gasteiger partial charge in [-0.05, 0) is 68.7 Å². The second kappa shape index (κ2) is 10.4. The molecule has 1 aromatic carbocycles. The number of nitrogens with one attached hydrogen (secondary N) is 1. The lowest BCUT2D eigenvalue weighted by molar-refractivity contribution is -0.124. The van der Waals surface area contributed by atoms with Gasteiger partial charge in [0.1, 0.15) is 11.3 Å². The number of benzene rings is 1. The van der Waals surface area contributed by atoms with Crippen molar-refractivity contribution in [3.63, 3.8) is 0 Å². The standard InChI is InChI=1S/C33H39NO6/c1-15(2)9-23-27-21(8)28(36)18(5)11-16(3)10-17(4)12-19(6)29(37)26-25-22(13-20(7)30(26)38)31(39)33(27,14-24(25)35)34-32(23)40/h10-13,15-16,21,23,27,38H,9,14H2,1-8H3,(H,34,40)/b17-10+,18-11+,19-12+/t16-,21-,23-,27-,33+/m1/s1. The van der Waals surface area contributed by atoms with Crippen LogP contribution in [0.15, 0.2) is 41.0 Å². The molecule has 7 heteroatoms. The fraction of sp³-hybridized carbons (Fsp3) is 0.485. The predicted molar refractivity (Wildman–Crippen MR) is 152 cm³/mol. The van der Waals surface area contributed by atoms with E-state index >= 15 is 0 Å². The van der Waals surface area contributed by atoms with Crippen LogP contribution in [0.25, 0.3) is 0 Å². The molecule has 1 fully saturated rings. The lowest BCUT2D eigenvalue weighted by Gasteiger charge is -2.41. The van der Waals surface area contributed by atoms with Crippen LogP contribution in [-0.2, 0) is 9.59 Å². The molecule has 4 aliphatic rings. The summed E-state index contributed by atoms with van der Waals surface area (Å²) in [6, 6.07) is 1.42. The lowest BCUT2D eigenvalue weighted by Crippen LogP contribution is -2.59. The number of rotatable bonds is 2. The molecule has 0 aromatic heterocycles. The number of fused-ring (bicyclic) bond motifs is 7. The molecule has 1 spiro atoms. The van der Waals surface area contributed by atoms with Crippen molar-refractivity contribution in [3.05, 3.63) is 63.3 Å². The van der Waals surface area contributed by atoms with Crippen LogP contribution in [0.2, 0.25) is 0 Å². The third-order valence-electron chi connectivity index (χ3n) is 8.68. The van der Waals surface area contributed by atoms with Crippen LogP contribution in [0.3, 0.4) is 0 Å². The fourth-order valence-corrected chi connectivity index (χ4v) is 7.08. The number of phenols is 1. The highest BCUT2D eigenvalue weighted by atomic mass is 16.3. The second-order valence-electron chi connectivity index (χ2n) is 12.4. The topological polar surface area (TPSA) is 118 Å². The van der Waals surface area contributed by atoms with E-state index < -0.39 is 40.6 Å². The van der Waals surface area contributed by atoms with E-state index in [0.29, 0.717) is 17.6 Å². The quantitative estimate of drug-likeness (QED) is 0.507. The molecule has 2 N–H and O–H groups in total. The summed E-state index contributed by atoms with van der Waals surface area (Å²) in [4.78, 5) is 69.5. The van der Waals surface area contributed by atoms with Crippen molar-refractivity contribution in [1.29, 1.82) is 0 Å². The number of aryl methyl sites for hydroxylation is 1. The monoisotopic (exact) mass is 545 g/mol. The van der Waals surface area contributed by atoms with Crippen molar-refractivity contribution >= 4 is 29.0 Å². The van der Waals surface area contributed by atoms with E-state index in [0.717, 1.165) is 5.57 Å². The number of aromatic hydroxyl groups is 1. The van der Waals surface area contributed by atoms with Crippen LogP contribution < -0.4 is 5.32 Å². The summed E-state index contributed by atoms with van der Waals surface area (Å²) in [5.41, 5.74) is -0.0620. The van der Waals surface area contributed by atoms with Crippen LogP contribution in [0.5, 0.6) is 5.75 Å². The summed E-state index contributed by atoms with van der Waals surface area (Å²) in [6.45, 7) is 14.4. The maximum absolute atomic E-state index is 14.5. The van der Waals surface area contributed by atoms with Crippen LogP contribution in [-0.4, -0.2) is 39.7 Å². The molecule has 1 amide bonds. The highest BCUT2D eigenvalue weighted by Gasteiger charge is 2.63. The second-order valence-corrected chi connectivity index (χ2v) is 12.4. The first-order valence-corrected chi connectivity index (χ1v) is 14.0. The Morgan fingerprint density at radius 2 is 1.62 bits per heavy atom. The maximum atomic E-state index is 14.5. The zero-order valence-corrected chi connectivity index (χ0v) is 24.6. The van der Waals surface area contributed by atoms with E-state index in [-0.39, 0.29) is 58.0 Å².